The van der Waals surface area contributed by atoms with Crippen LogP contribution < -0.4 is 21.4 Å². The van der Waals surface area contributed by atoms with Gasteiger partial charge in [-0.05, 0) is 79.4 Å². The molecule has 6 N–H and O–H groups in total. The number of ether oxygens (including phenoxy) is 1. The Morgan fingerprint density at radius 1 is 1.26 bits per heavy atom. The lowest BCUT2D eigenvalue weighted by atomic mass is 9.95. The van der Waals surface area contributed by atoms with Gasteiger partial charge in [0, 0.05) is 24.4 Å². The van der Waals surface area contributed by atoms with Gasteiger partial charge in [0.1, 0.15) is 17.4 Å². The number of fused-ring (bicyclic) bond motifs is 1. The zero-order chi connectivity index (χ0) is 32.1. The third kappa shape index (κ3) is 9.60. The fraction of sp³-hybridized carbons (Fsp3) is 0.344. The summed E-state index contributed by atoms with van der Waals surface area (Å²) < 4.78 is 18.7. The molecule has 0 aromatic heterocycles. The third-order valence-corrected chi connectivity index (χ3v) is 6.53. The highest BCUT2D eigenvalue weighted by molar-refractivity contribution is 5.99. The van der Waals surface area contributed by atoms with Gasteiger partial charge < -0.3 is 20.1 Å². The van der Waals surface area contributed by atoms with Crippen LogP contribution in [-0.2, 0) is 13.0 Å². The van der Waals surface area contributed by atoms with Gasteiger partial charge in [-0.1, -0.05) is 39.0 Å². The molecular weight excluding hydrogens is 551 g/mol. The van der Waals surface area contributed by atoms with Crippen molar-refractivity contribution in [2.75, 3.05) is 20.3 Å². The summed E-state index contributed by atoms with van der Waals surface area (Å²) in [6, 6.07) is 8.55. The SMILES string of the molecule is C=C(/C=C\C=C(/C)C(=N)N(NN)C(C)CO)NC(=O)c1cc2c(cc1OC)CCN(C(=O)c1ccc(F)cc1)C2.CCC. The molecule has 0 spiro atoms. The average molecular weight is 595 g/mol. The molecule has 232 valence electrons. The van der Waals surface area contributed by atoms with Crippen LogP contribution >= 0.6 is 0 Å². The largest absolute Gasteiger partial charge is 0.496 e. The Bertz CT molecular complexity index is 1360. The highest BCUT2D eigenvalue weighted by Gasteiger charge is 2.25. The minimum atomic E-state index is -0.431. The zero-order valence-corrected chi connectivity index (χ0v) is 25.5. The number of hydrogen-bond acceptors (Lipinski definition) is 7. The Balaban J connectivity index is 0.00000206. The second-order valence-electron chi connectivity index (χ2n) is 10.1. The first-order valence-electron chi connectivity index (χ1n) is 14.1. The van der Waals surface area contributed by atoms with E-state index in [1.54, 1.807) is 43.0 Å². The number of amides is 2. The average Bonchev–Trinajstić information content (AvgIpc) is 3.00. The number of hydrogen-bond donors (Lipinski definition) is 5. The van der Waals surface area contributed by atoms with Gasteiger partial charge in [-0.15, -0.1) is 0 Å². The Morgan fingerprint density at radius 2 is 1.91 bits per heavy atom. The number of benzene rings is 2. The summed E-state index contributed by atoms with van der Waals surface area (Å²) in [5.74, 6) is 4.90. The van der Waals surface area contributed by atoms with Gasteiger partial charge in [0.2, 0.25) is 0 Å². The second kappa shape index (κ2) is 17.0. The first-order valence-corrected chi connectivity index (χ1v) is 14.1. The monoisotopic (exact) mass is 594 g/mol. The van der Waals surface area contributed by atoms with E-state index in [1.807, 2.05) is 6.07 Å². The first kappa shape index (κ1) is 34.9. The van der Waals surface area contributed by atoms with Gasteiger partial charge in [-0.3, -0.25) is 25.8 Å². The summed E-state index contributed by atoms with van der Waals surface area (Å²) in [6.07, 6.45) is 6.71. The number of methoxy groups -OCH3 is 1. The van der Waals surface area contributed by atoms with Crippen LogP contribution in [-0.4, -0.2) is 59.0 Å². The molecule has 2 aromatic carbocycles. The Hall–Kier alpha value is -4.32. The highest BCUT2D eigenvalue weighted by Crippen LogP contribution is 2.29. The Labute approximate surface area is 253 Å². The molecule has 0 saturated carbocycles. The molecular formula is C32H43FN6O4. The molecule has 1 heterocycles. The number of nitrogens with zero attached hydrogens (tertiary/aromatic N) is 2. The molecule has 0 fully saturated rings. The normalized spacial score (nSPS) is 13.4. The van der Waals surface area contributed by atoms with E-state index in [2.05, 4.69) is 31.3 Å². The van der Waals surface area contributed by atoms with E-state index in [1.165, 1.54) is 42.8 Å². The van der Waals surface area contributed by atoms with Gasteiger partial charge in [0.25, 0.3) is 11.8 Å². The predicted molar refractivity (Wildman–Crippen MR) is 167 cm³/mol. The zero-order valence-electron chi connectivity index (χ0n) is 25.5. The summed E-state index contributed by atoms with van der Waals surface area (Å²) in [5.41, 5.74) is 5.75. The number of aliphatic hydroxyl groups excluding tert-OH is 1. The lowest BCUT2D eigenvalue weighted by molar-refractivity contribution is 0.0734. The minimum Gasteiger partial charge on any atom is -0.496 e. The van der Waals surface area contributed by atoms with Crippen LogP contribution in [0, 0.1) is 11.2 Å². The number of hydrazine groups is 2. The van der Waals surface area contributed by atoms with Crippen LogP contribution in [0.2, 0.25) is 0 Å². The summed E-state index contributed by atoms with van der Waals surface area (Å²) in [4.78, 5) is 27.7. The van der Waals surface area contributed by atoms with Crippen molar-refractivity contribution in [3.8, 4) is 5.75 Å². The van der Waals surface area contributed by atoms with Crippen LogP contribution in [0.3, 0.4) is 0 Å². The highest BCUT2D eigenvalue weighted by atomic mass is 19.1. The number of carbonyl (C=O) groups is 2. The quantitative estimate of drug-likeness (QED) is 0.0910. The smallest absolute Gasteiger partial charge is 0.259 e. The Morgan fingerprint density at radius 3 is 2.49 bits per heavy atom. The molecule has 1 aliphatic rings. The van der Waals surface area contributed by atoms with Crippen molar-refractivity contribution in [2.45, 2.75) is 53.1 Å². The van der Waals surface area contributed by atoms with Crippen molar-refractivity contribution >= 4 is 17.6 Å². The van der Waals surface area contributed by atoms with Crippen molar-refractivity contribution < 1.29 is 23.8 Å². The van der Waals surface area contributed by atoms with E-state index in [-0.39, 0.29) is 18.3 Å². The molecule has 1 unspecified atom stereocenters. The number of rotatable bonds is 10. The lowest BCUT2D eigenvalue weighted by Crippen LogP contribution is -2.53. The van der Waals surface area contributed by atoms with Gasteiger partial charge >= 0.3 is 0 Å². The molecule has 0 aliphatic carbocycles. The maximum absolute atomic E-state index is 13.3. The van der Waals surface area contributed by atoms with Gasteiger partial charge in [0.15, 0.2) is 0 Å². The lowest BCUT2D eigenvalue weighted by Gasteiger charge is -2.30. The van der Waals surface area contributed by atoms with Crippen LogP contribution in [0.5, 0.6) is 5.75 Å². The van der Waals surface area contributed by atoms with E-state index in [0.29, 0.717) is 47.7 Å². The number of allylic oxidation sites excluding steroid dienone is 3. The first-order chi connectivity index (χ1) is 20.5. The van der Waals surface area contributed by atoms with E-state index in [4.69, 9.17) is 16.0 Å². The number of nitrogens with two attached hydrogens (primary N) is 1. The molecule has 10 nitrogen and oxygen atoms in total. The van der Waals surface area contributed by atoms with E-state index >= 15 is 0 Å². The second-order valence-corrected chi connectivity index (χ2v) is 10.1. The number of nitrogens with one attached hydrogen (secondary N) is 3. The molecule has 2 amide bonds. The molecule has 43 heavy (non-hydrogen) atoms. The molecule has 1 atom stereocenters. The van der Waals surface area contributed by atoms with Gasteiger partial charge in [0.05, 0.1) is 25.3 Å². The minimum absolute atomic E-state index is 0.0779. The van der Waals surface area contributed by atoms with E-state index < -0.39 is 17.8 Å². The standard InChI is InChI=1S/C29H35FN6O4.C3H8/c1-18(27(31)36(34-32)20(3)17-37)6-5-7-19(2)33-28(38)25-14-23-16-35(13-12-22(23)15-26(25)40-4)29(39)21-8-10-24(30)11-9-21;1-3-2/h5-11,14-15,20,31,34,37H,2,12-13,16-17,32H2,1,3-4H3,(H,33,38);3H2,1-2H3/b7-5-,18-6+,31-27?;. The summed E-state index contributed by atoms with van der Waals surface area (Å²) in [7, 11) is 1.49. The topological polar surface area (TPSA) is 144 Å². The summed E-state index contributed by atoms with van der Waals surface area (Å²) >= 11 is 0. The van der Waals surface area contributed by atoms with E-state index in [0.717, 1.165) is 11.1 Å². The molecule has 1 aliphatic heterocycles. The van der Waals surface area contributed by atoms with Gasteiger partial charge in [-0.25, -0.2) is 4.39 Å². The van der Waals surface area contributed by atoms with Crippen LogP contribution in [0.25, 0.3) is 0 Å². The molecule has 3 rings (SSSR count). The number of halogens is 1. The fourth-order valence-corrected chi connectivity index (χ4v) is 4.21. The van der Waals surface area contributed by atoms with Crippen LogP contribution in [0.1, 0.15) is 66.0 Å². The fourth-order valence-electron chi connectivity index (χ4n) is 4.21. The number of aliphatic hydroxyl groups is 1. The van der Waals surface area contributed by atoms with Crippen molar-refractivity contribution in [2.24, 2.45) is 5.84 Å². The van der Waals surface area contributed by atoms with E-state index in [9.17, 15) is 19.1 Å². The maximum Gasteiger partial charge on any atom is 0.259 e. The van der Waals surface area contributed by atoms with Crippen molar-refractivity contribution in [1.29, 1.82) is 5.41 Å². The third-order valence-electron chi connectivity index (χ3n) is 6.53. The van der Waals surface area contributed by atoms with Crippen molar-refractivity contribution in [3.63, 3.8) is 0 Å². The maximum atomic E-state index is 13.3. The van der Waals surface area contributed by atoms with Gasteiger partial charge in [-0.2, -0.15) is 5.53 Å². The summed E-state index contributed by atoms with van der Waals surface area (Å²) in [5, 5.41) is 21.6. The molecule has 0 bridgehead atoms. The molecule has 0 radical (unpaired) electrons. The van der Waals surface area contributed by atoms with Crippen molar-refractivity contribution in [1.82, 2.24) is 20.8 Å². The predicted octanol–water partition coefficient (Wildman–Crippen LogP) is 4.23. The van der Waals surface area contributed by atoms with Crippen LogP contribution in [0.15, 0.2) is 72.5 Å². The number of carbonyl (C=O) groups excluding carboxylic acids is 2. The summed E-state index contributed by atoms with van der Waals surface area (Å²) in [6.45, 7) is 12.2. The van der Waals surface area contributed by atoms with Crippen molar-refractivity contribution in [3.05, 3.63) is 101 Å². The molecule has 2 aromatic rings. The van der Waals surface area contributed by atoms with Crippen LogP contribution in [0.4, 0.5) is 4.39 Å². The Kier molecular flexibility index (Phi) is 13.8. The molecule has 11 heteroatoms. The number of amidine groups is 1. The molecule has 0 saturated heterocycles.